The molecule has 0 spiro atoms. The molecule has 0 aliphatic heterocycles. The highest BCUT2D eigenvalue weighted by Gasteiger charge is 2.15. The zero-order valence-electron chi connectivity index (χ0n) is 7.35. The van der Waals surface area contributed by atoms with Crippen molar-refractivity contribution >= 4 is 12.0 Å². The van der Waals surface area contributed by atoms with E-state index in [1.165, 1.54) is 6.07 Å². The summed E-state index contributed by atoms with van der Waals surface area (Å²) in [6.07, 6.45) is 0.409. The maximum absolute atomic E-state index is 10.5. The van der Waals surface area contributed by atoms with E-state index in [2.05, 4.69) is 0 Å². The van der Waals surface area contributed by atoms with E-state index in [9.17, 15) is 14.9 Å². The van der Waals surface area contributed by atoms with E-state index < -0.39 is 4.92 Å². The van der Waals surface area contributed by atoms with Crippen LogP contribution in [0.2, 0.25) is 0 Å². The number of hydrogen-bond acceptors (Lipinski definition) is 4. The highest BCUT2D eigenvalue weighted by molar-refractivity contribution is 5.82. The second-order valence-electron chi connectivity index (χ2n) is 2.71. The van der Waals surface area contributed by atoms with E-state index in [1.807, 2.05) is 6.07 Å². The summed E-state index contributed by atoms with van der Waals surface area (Å²) in [5.41, 5.74) is 0.427. The number of benzene rings is 1. The Labute approximate surface area is 79.7 Å². The van der Waals surface area contributed by atoms with Gasteiger partial charge in [-0.2, -0.15) is 5.26 Å². The second kappa shape index (κ2) is 3.66. The number of rotatable bonds is 2. The monoisotopic (exact) mass is 190 g/mol. The van der Waals surface area contributed by atoms with Gasteiger partial charge in [0.05, 0.1) is 22.1 Å². The number of nitro benzene ring substituents is 1. The Morgan fingerprint density at radius 2 is 2.21 bits per heavy atom. The molecule has 0 radical (unpaired) electrons. The van der Waals surface area contributed by atoms with Crippen LogP contribution in [0, 0.1) is 28.4 Å². The quantitative estimate of drug-likeness (QED) is 0.402. The topological polar surface area (TPSA) is 84.0 Å². The van der Waals surface area contributed by atoms with Crippen molar-refractivity contribution in [2.24, 2.45) is 0 Å². The third kappa shape index (κ3) is 1.59. The fourth-order valence-corrected chi connectivity index (χ4v) is 1.09. The first-order valence-corrected chi connectivity index (χ1v) is 3.74. The van der Waals surface area contributed by atoms with Gasteiger partial charge < -0.3 is 0 Å². The molecule has 5 heteroatoms. The molecule has 70 valence electrons. The van der Waals surface area contributed by atoms with Crippen molar-refractivity contribution < 1.29 is 9.72 Å². The van der Waals surface area contributed by atoms with Crippen LogP contribution in [0.25, 0.3) is 0 Å². The van der Waals surface area contributed by atoms with E-state index >= 15 is 0 Å². The van der Waals surface area contributed by atoms with Gasteiger partial charge in [-0.1, -0.05) is 0 Å². The average Bonchev–Trinajstić information content (AvgIpc) is 2.16. The zero-order valence-corrected chi connectivity index (χ0v) is 7.35. The summed E-state index contributed by atoms with van der Waals surface area (Å²) in [6, 6.07) is 4.27. The maximum atomic E-state index is 10.5. The van der Waals surface area contributed by atoms with Gasteiger partial charge >= 0.3 is 0 Å². The molecule has 1 aromatic rings. The van der Waals surface area contributed by atoms with Crippen LogP contribution in [-0.2, 0) is 0 Å². The molecule has 1 rings (SSSR count). The average molecular weight is 190 g/mol. The molecule has 0 heterocycles. The lowest BCUT2D eigenvalue weighted by atomic mass is 10.0. The van der Waals surface area contributed by atoms with E-state index in [0.717, 1.165) is 6.07 Å². The summed E-state index contributed by atoms with van der Waals surface area (Å²) in [5, 5.41) is 19.1. The first-order chi connectivity index (χ1) is 6.60. The van der Waals surface area contributed by atoms with Gasteiger partial charge in [-0.3, -0.25) is 14.9 Å². The molecule has 0 atom stereocenters. The third-order valence-corrected chi connectivity index (χ3v) is 1.82. The molecule has 0 N–H and O–H groups in total. The molecular weight excluding hydrogens is 184 g/mol. The number of carbonyl (C=O) groups excluding carboxylic acids is 1. The molecular formula is C9H6N2O3. The van der Waals surface area contributed by atoms with Crippen LogP contribution in [0.4, 0.5) is 5.69 Å². The van der Waals surface area contributed by atoms with Crippen molar-refractivity contribution in [3.8, 4) is 6.07 Å². The number of aldehydes is 1. The molecule has 0 aliphatic rings. The van der Waals surface area contributed by atoms with E-state index in [4.69, 9.17) is 5.26 Å². The van der Waals surface area contributed by atoms with Crippen LogP contribution in [0.5, 0.6) is 0 Å². The predicted molar refractivity (Wildman–Crippen MR) is 47.9 cm³/mol. The second-order valence-corrected chi connectivity index (χ2v) is 2.71. The lowest BCUT2D eigenvalue weighted by Gasteiger charge is -1.99. The van der Waals surface area contributed by atoms with Crippen molar-refractivity contribution in [2.45, 2.75) is 6.92 Å². The molecule has 0 fully saturated rings. The highest BCUT2D eigenvalue weighted by Crippen LogP contribution is 2.21. The fourth-order valence-electron chi connectivity index (χ4n) is 1.09. The number of carbonyl (C=O) groups is 1. The van der Waals surface area contributed by atoms with E-state index in [1.54, 1.807) is 6.92 Å². The Morgan fingerprint density at radius 1 is 1.57 bits per heavy atom. The Kier molecular flexibility index (Phi) is 2.58. The smallest absolute Gasteiger partial charge is 0.281 e. The van der Waals surface area contributed by atoms with Gasteiger partial charge in [-0.15, -0.1) is 0 Å². The summed E-state index contributed by atoms with van der Waals surface area (Å²) < 4.78 is 0. The number of hydrogen-bond donors (Lipinski definition) is 0. The largest absolute Gasteiger partial charge is 0.298 e. The summed E-state index contributed by atoms with van der Waals surface area (Å²) in [5.74, 6) is 0. The van der Waals surface area contributed by atoms with Gasteiger partial charge in [-0.25, -0.2) is 0 Å². The minimum absolute atomic E-state index is 0.00787. The van der Waals surface area contributed by atoms with Crippen molar-refractivity contribution in [3.05, 3.63) is 38.9 Å². The number of nitriles is 1. The lowest BCUT2D eigenvalue weighted by molar-refractivity contribution is -0.385. The van der Waals surface area contributed by atoms with Crippen molar-refractivity contribution in [1.82, 2.24) is 0 Å². The van der Waals surface area contributed by atoms with Crippen LogP contribution >= 0.6 is 0 Å². The van der Waals surface area contributed by atoms with Crippen LogP contribution < -0.4 is 0 Å². The summed E-state index contributed by atoms with van der Waals surface area (Å²) in [6.45, 7) is 1.62. The summed E-state index contributed by atoms with van der Waals surface area (Å²) >= 11 is 0. The lowest BCUT2D eigenvalue weighted by Crippen LogP contribution is -1.97. The van der Waals surface area contributed by atoms with Gasteiger partial charge in [0.25, 0.3) is 5.69 Å². The Bertz CT molecular complexity index is 446. The van der Waals surface area contributed by atoms with Gasteiger partial charge in [0, 0.05) is 6.07 Å². The zero-order chi connectivity index (χ0) is 10.7. The normalized spacial score (nSPS) is 9.14. The van der Waals surface area contributed by atoms with Gasteiger partial charge in [0.1, 0.15) is 0 Å². The Hall–Kier alpha value is -2.22. The summed E-state index contributed by atoms with van der Waals surface area (Å²) in [4.78, 5) is 20.3. The predicted octanol–water partition coefficient (Wildman–Crippen LogP) is 1.59. The van der Waals surface area contributed by atoms with Crippen LogP contribution in [0.3, 0.4) is 0 Å². The molecule has 14 heavy (non-hydrogen) atoms. The molecule has 0 bridgehead atoms. The van der Waals surface area contributed by atoms with Crippen molar-refractivity contribution in [1.29, 1.82) is 5.26 Å². The van der Waals surface area contributed by atoms with Gasteiger partial charge in [-0.05, 0) is 18.6 Å². The molecule has 0 saturated carbocycles. The standard InChI is InChI=1S/C9H6N2O3/c1-6-2-8(5-12)9(11(13)14)3-7(6)4-10/h2-3,5H,1H3. The van der Waals surface area contributed by atoms with E-state index in [-0.39, 0.29) is 16.8 Å². The van der Waals surface area contributed by atoms with Gasteiger partial charge in [0.2, 0.25) is 0 Å². The number of nitrogens with zero attached hydrogens (tertiary/aromatic N) is 2. The molecule has 5 nitrogen and oxygen atoms in total. The SMILES string of the molecule is Cc1cc(C=O)c([N+](=O)[O-])cc1C#N. The van der Waals surface area contributed by atoms with Crippen LogP contribution in [-0.4, -0.2) is 11.2 Å². The van der Waals surface area contributed by atoms with Gasteiger partial charge in [0.15, 0.2) is 6.29 Å². The van der Waals surface area contributed by atoms with Crippen LogP contribution in [0.15, 0.2) is 12.1 Å². The van der Waals surface area contributed by atoms with Crippen molar-refractivity contribution in [3.63, 3.8) is 0 Å². The molecule has 0 aromatic heterocycles. The third-order valence-electron chi connectivity index (χ3n) is 1.82. The van der Waals surface area contributed by atoms with Crippen LogP contribution in [0.1, 0.15) is 21.5 Å². The first-order valence-electron chi connectivity index (χ1n) is 3.74. The van der Waals surface area contributed by atoms with Crippen molar-refractivity contribution in [2.75, 3.05) is 0 Å². The molecule has 0 unspecified atom stereocenters. The fraction of sp³-hybridized carbons (Fsp3) is 0.111. The highest BCUT2D eigenvalue weighted by atomic mass is 16.6. The molecule has 0 saturated heterocycles. The number of nitro groups is 1. The summed E-state index contributed by atoms with van der Waals surface area (Å²) in [7, 11) is 0. The minimum atomic E-state index is -0.677. The number of aryl methyl sites for hydroxylation is 1. The Morgan fingerprint density at radius 3 is 2.64 bits per heavy atom. The first kappa shape index (κ1) is 9.86. The molecule has 0 aliphatic carbocycles. The molecule has 0 amide bonds. The van der Waals surface area contributed by atoms with E-state index in [0.29, 0.717) is 11.8 Å². The maximum Gasteiger partial charge on any atom is 0.281 e. The minimum Gasteiger partial charge on any atom is -0.298 e. The molecule has 1 aromatic carbocycles. The Balaban J connectivity index is 3.49.